The van der Waals surface area contributed by atoms with Crippen LogP contribution in [0.2, 0.25) is 0 Å². The molecule has 0 aliphatic rings. The minimum atomic E-state index is 0.432. The molecule has 0 N–H and O–H groups in total. The van der Waals surface area contributed by atoms with Crippen LogP contribution in [0.3, 0.4) is 0 Å². The molecule has 0 saturated heterocycles. The predicted molar refractivity (Wildman–Crippen MR) is 70.3 cm³/mol. The number of hydrogen-bond donors (Lipinski definition) is 1. The van der Waals surface area contributed by atoms with E-state index in [-0.39, 0.29) is 0 Å². The van der Waals surface area contributed by atoms with Gasteiger partial charge in [-0.3, -0.25) is 0 Å². The number of thiol groups is 1. The third kappa shape index (κ3) is 3.06. The van der Waals surface area contributed by atoms with Crippen molar-refractivity contribution in [1.82, 2.24) is 4.98 Å². The molecule has 0 saturated carbocycles. The van der Waals surface area contributed by atoms with Crippen LogP contribution in [0.1, 0.15) is 11.5 Å². The second-order valence-corrected chi connectivity index (χ2v) is 4.74. The van der Waals surface area contributed by atoms with E-state index in [2.05, 4.69) is 41.9 Å². The van der Waals surface area contributed by atoms with Crippen molar-refractivity contribution in [2.24, 2.45) is 0 Å². The quantitative estimate of drug-likeness (QED) is 0.651. The standard InChI is InChI=1S/C12H13NOS2/c15-8-11(10-4-2-1-3-5-10)9-16-12-13-6-7-14-12/h1-7,11,15H,8-9H2. The van der Waals surface area contributed by atoms with E-state index < -0.39 is 0 Å². The molecule has 4 heteroatoms. The molecule has 84 valence electrons. The molecular formula is C12H13NOS2. The lowest BCUT2D eigenvalue weighted by atomic mass is 10.0. The first kappa shape index (κ1) is 11.6. The molecular weight excluding hydrogens is 238 g/mol. The SMILES string of the molecule is SCC(CSc1ncco1)c1ccccc1. The highest BCUT2D eigenvalue weighted by molar-refractivity contribution is 7.99. The topological polar surface area (TPSA) is 26.0 Å². The largest absolute Gasteiger partial charge is 0.440 e. The van der Waals surface area contributed by atoms with Gasteiger partial charge in [-0.25, -0.2) is 4.98 Å². The molecule has 0 amide bonds. The van der Waals surface area contributed by atoms with Crippen LogP contribution in [-0.4, -0.2) is 16.5 Å². The monoisotopic (exact) mass is 251 g/mol. The Balaban J connectivity index is 1.96. The molecule has 2 rings (SSSR count). The van der Waals surface area contributed by atoms with Gasteiger partial charge in [-0.15, -0.1) is 0 Å². The van der Waals surface area contributed by atoms with Crippen LogP contribution in [0, 0.1) is 0 Å². The first-order valence-corrected chi connectivity index (χ1v) is 6.70. The van der Waals surface area contributed by atoms with E-state index in [1.54, 1.807) is 24.2 Å². The second kappa shape index (κ2) is 6.01. The predicted octanol–water partition coefficient (Wildman–Crippen LogP) is 3.48. The highest BCUT2D eigenvalue weighted by atomic mass is 32.2. The van der Waals surface area contributed by atoms with Gasteiger partial charge in [0.05, 0.1) is 6.20 Å². The Morgan fingerprint density at radius 1 is 1.31 bits per heavy atom. The van der Waals surface area contributed by atoms with Gasteiger partial charge < -0.3 is 4.42 Å². The Kier molecular flexibility index (Phi) is 4.36. The fourth-order valence-corrected chi connectivity index (χ4v) is 2.86. The van der Waals surface area contributed by atoms with E-state index >= 15 is 0 Å². The van der Waals surface area contributed by atoms with Crippen molar-refractivity contribution in [3.8, 4) is 0 Å². The Labute approximate surface area is 105 Å². The Morgan fingerprint density at radius 2 is 2.12 bits per heavy atom. The van der Waals surface area contributed by atoms with Gasteiger partial charge in [-0.1, -0.05) is 42.1 Å². The normalized spacial score (nSPS) is 12.6. The minimum Gasteiger partial charge on any atom is -0.440 e. The van der Waals surface area contributed by atoms with Gasteiger partial charge in [0.15, 0.2) is 0 Å². The van der Waals surface area contributed by atoms with E-state index in [9.17, 15) is 0 Å². The first-order chi connectivity index (χ1) is 7.90. The minimum absolute atomic E-state index is 0.432. The fraction of sp³-hybridized carbons (Fsp3) is 0.250. The van der Waals surface area contributed by atoms with Gasteiger partial charge in [-0.2, -0.15) is 12.6 Å². The van der Waals surface area contributed by atoms with Gasteiger partial charge in [0.2, 0.25) is 0 Å². The van der Waals surface area contributed by atoms with Crippen molar-refractivity contribution in [3.05, 3.63) is 48.4 Å². The summed E-state index contributed by atoms with van der Waals surface area (Å²) in [5.74, 6) is 2.20. The molecule has 16 heavy (non-hydrogen) atoms. The van der Waals surface area contributed by atoms with Crippen LogP contribution >= 0.6 is 24.4 Å². The van der Waals surface area contributed by atoms with E-state index in [0.29, 0.717) is 5.92 Å². The van der Waals surface area contributed by atoms with Crippen LogP contribution in [-0.2, 0) is 0 Å². The molecule has 0 bridgehead atoms. The highest BCUT2D eigenvalue weighted by Crippen LogP contribution is 2.25. The number of oxazole rings is 1. The maximum atomic E-state index is 5.19. The van der Waals surface area contributed by atoms with Gasteiger partial charge in [0.25, 0.3) is 5.22 Å². The number of benzene rings is 1. The maximum Gasteiger partial charge on any atom is 0.255 e. The second-order valence-electron chi connectivity index (χ2n) is 3.40. The van der Waals surface area contributed by atoms with Crippen molar-refractivity contribution < 1.29 is 4.42 Å². The smallest absolute Gasteiger partial charge is 0.255 e. The zero-order chi connectivity index (χ0) is 11.2. The summed E-state index contributed by atoms with van der Waals surface area (Å²) in [6.07, 6.45) is 3.26. The average molecular weight is 251 g/mol. The van der Waals surface area contributed by atoms with E-state index in [1.807, 2.05) is 6.07 Å². The summed E-state index contributed by atoms with van der Waals surface area (Å²) in [5.41, 5.74) is 1.32. The van der Waals surface area contributed by atoms with Crippen LogP contribution < -0.4 is 0 Å². The number of rotatable bonds is 5. The summed E-state index contributed by atoms with van der Waals surface area (Å²) >= 11 is 6.02. The molecule has 1 aromatic heterocycles. The molecule has 0 fully saturated rings. The van der Waals surface area contributed by atoms with Crippen molar-refractivity contribution in [2.45, 2.75) is 11.1 Å². The Morgan fingerprint density at radius 3 is 2.75 bits per heavy atom. The number of nitrogens with zero attached hydrogens (tertiary/aromatic N) is 1. The highest BCUT2D eigenvalue weighted by Gasteiger charge is 2.11. The van der Waals surface area contributed by atoms with Crippen LogP contribution in [0.15, 0.2) is 52.4 Å². The van der Waals surface area contributed by atoms with Crippen LogP contribution in [0.4, 0.5) is 0 Å². The molecule has 1 heterocycles. The van der Waals surface area contributed by atoms with E-state index in [4.69, 9.17) is 4.42 Å². The van der Waals surface area contributed by atoms with Crippen molar-refractivity contribution in [1.29, 1.82) is 0 Å². The molecule has 1 atom stereocenters. The lowest BCUT2D eigenvalue weighted by molar-refractivity contribution is 0.454. The summed E-state index contributed by atoms with van der Waals surface area (Å²) < 4.78 is 5.19. The van der Waals surface area contributed by atoms with Gasteiger partial charge >= 0.3 is 0 Å². The molecule has 0 aliphatic heterocycles. The van der Waals surface area contributed by atoms with Crippen molar-refractivity contribution in [2.75, 3.05) is 11.5 Å². The molecule has 2 nitrogen and oxygen atoms in total. The summed E-state index contributed by atoms with van der Waals surface area (Å²) in [6, 6.07) is 10.4. The Hall–Kier alpha value is -0.870. The zero-order valence-corrected chi connectivity index (χ0v) is 10.5. The van der Waals surface area contributed by atoms with E-state index in [1.165, 1.54) is 5.56 Å². The van der Waals surface area contributed by atoms with Crippen molar-refractivity contribution >= 4 is 24.4 Å². The first-order valence-electron chi connectivity index (χ1n) is 5.08. The van der Waals surface area contributed by atoms with Gasteiger partial charge in [0.1, 0.15) is 6.26 Å². The number of hydrogen-bond acceptors (Lipinski definition) is 4. The maximum absolute atomic E-state index is 5.19. The van der Waals surface area contributed by atoms with E-state index in [0.717, 1.165) is 16.7 Å². The molecule has 1 aromatic carbocycles. The number of thioether (sulfide) groups is 1. The van der Waals surface area contributed by atoms with Crippen molar-refractivity contribution in [3.63, 3.8) is 0 Å². The number of aromatic nitrogens is 1. The lowest BCUT2D eigenvalue weighted by Crippen LogP contribution is -2.03. The molecule has 1 unspecified atom stereocenters. The van der Waals surface area contributed by atoms with Crippen LogP contribution in [0.25, 0.3) is 0 Å². The molecule has 2 aromatic rings. The van der Waals surface area contributed by atoms with Gasteiger partial charge in [-0.05, 0) is 11.3 Å². The van der Waals surface area contributed by atoms with Crippen LogP contribution in [0.5, 0.6) is 0 Å². The summed E-state index contributed by atoms with van der Waals surface area (Å²) in [6.45, 7) is 0. The summed E-state index contributed by atoms with van der Waals surface area (Å²) in [7, 11) is 0. The fourth-order valence-electron chi connectivity index (χ4n) is 1.43. The Bertz CT molecular complexity index is 402. The molecule has 0 spiro atoms. The third-order valence-electron chi connectivity index (χ3n) is 2.31. The zero-order valence-electron chi connectivity index (χ0n) is 8.74. The van der Waals surface area contributed by atoms with Gasteiger partial charge in [0, 0.05) is 11.7 Å². The molecule has 0 radical (unpaired) electrons. The average Bonchev–Trinajstić information content (AvgIpc) is 2.84. The molecule has 0 aliphatic carbocycles. The summed E-state index contributed by atoms with van der Waals surface area (Å²) in [4.78, 5) is 4.09. The lowest BCUT2D eigenvalue weighted by Gasteiger charge is -2.12. The summed E-state index contributed by atoms with van der Waals surface area (Å²) in [5, 5.41) is 0.725. The third-order valence-corrected chi connectivity index (χ3v) is 3.77.